The smallest absolute Gasteiger partial charge is 0.163 e. The number of Topliss-reactive ketones (excluding diaryl/α,β-unsaturated/α-hetero) is 1. The van der Waals surface area contributed by atoms with Gasteiger partial charge in [0, 0.05) is 15.6 Å². The summed E-state index contributed by atoms with van der Waals surface area (Å²) < 4.78 is 1.04. The summed E-state index contributed by atoms with van der Waals surface area (Å²) >= 11 is 2.20. The van der Waals surface area contributed by atoms with Crippen molar-refractivity contribution in [3.8, 4) is 0 Å². The van der Waals surface area contributed by atoms with Crippen LogP contribution >= 0.6 is 22.6 Å². The maximum absolute atomic E-state index is 11.7. The van der Waals surface area contributed by atoms with Crippen LogP contribution in [0.15, 0.2) is 36.9 Å². The Hall–Kier alpha value is -0.640. The fourth-order valence-corrected chi connectivity index (χ4v) is 1.92. The van der Waals surface area contributed by atoms with Crippen LogP contribution in [0.4, 0.5) is 0 Å². The summed E-state index contributed by atoms with van der Waals surface area (Å²) in [7, 11) is 0. The molecule has 0 aliphatic heterocycles. The molecule has 1 aromatic carbocycles. The number of hydrogen-bond donors (Lipinski definition) is 0. The highest BCUT2D eigenvalue weighted by Crippen LogP contribution is 2.14. The molecule has 0 unspecified atom stereocenters. The van der Waals surface area contributed by atoms with Gasteiger partial charge in [0.05, 0.1) is 0 Å². The summed E-state index contributed by atoms with van der Waals surface area (Å²) in [5, 5.41) is 0. The molecule has 0 radical (unpaired) electrons. The van der Waals surface area contributed by atoms with Gasteiger partial charge in [0.15, 0.2) is 5.78 Å². The predicted octanol–water partition coefficient (Wildman–Crippen LogP) is 3.83. The largest absolute Gasteiger partial charge is 0.294 e. The number of halogens is 1. The van der Waals surface area contributed by atoms with Crippen molar-refractivity contribution in [3.63, 3.8) is 0 Å². The van der Waals surface area contributed by atoms with Gasteiger partial charge in [0.1, 0.15) is 0 Å². The van der Waals surface area contributed by atoms with Gasteiger partial charge in [-0.25, -0.2) is 0 Å². The number of carbonyl (C=O) groups excluding carboxylic acids is 1. The number of rotatable bonds is 5. The molecule has 1 aromatic rings. The van der Waals surface area contributed by atoms with Crippen LogP contribution in [-0.2, 0) is 0 Å². The normalized spacial score (nSPS) is 9.79. The molecule has 0 heterocycles. The molecule has 1 rings (SSSR count). The number of carbonyl (C=O) groups is 1. The average molecular weight is 300 g/mol. The van der Waals surface area contributed by atoms with E-state index < -0.39 is 0 Å². The maximum Gasteiger partial charge on any atom is 0.163 e. The molecule has 0 fully saturated rings. The molecule has 0 aliphatic carbocycles. The van der Waals surface area contributed by atoms with Crippen molar-refractivity contribution in [1.29, 1.82) is 0 Å². The zero-order chi connectivity index (χ0) is 10.4. The third-order valence-corrected chi connectivity index (χ3v) is 2.93. The van der Waals surface area contributed by atoms with Gasteiger partial charge in [0.2, 0.25) is 0 Å². The first-order valence-corrected chi connectivity index (χ1v) is 5.72. The van der Waals surface area contributed by atoms with Crippen LogP contribution < -0.4 is 0 Å². The first-order valence-electron chi connectivity index (χ1n) is 4.64. The molecule has 1 nitrogen and oxygen atoms in total. The van der Waals surface area contributed by atoms with Gasteiger partial charge >= 0.3 is 0 Å². The Morgan fingerprint density at radius 1 is 1.43 bits per heavy atom. The number of benzene rings is 1. The fourth-order valence-electron chi connectivity index (χ4n) is 1.23. The lowest BCUT2D eigenvalue weighted by Crippen LogP contribution is -2.00. The van der Waals surface area contributed by atoms with Crippen LogP contribution in [0, 0.1) is 3.57 Å². The van der Waals surface area contributed by atoms with Gasteiger partial charge in [-0.2, -0.15) is 0 Å². The highest BCUT2D eigenvalue weighted by Gasteiger charge is 2.07. The van der Waals surface area contributed by atoms with E-state index in [1.165, 1.54) is 0 Å². The summed E-state index contributed by atoms with van der Waals surface area (Å²) in [5.41, 5.74) is 0.845. The van der Waals surface area contributed by atoms with Crippen LogP contribution in [0.5, 0.6) is 0 Å². The first-order chi connectivity index (χ1) is 6.75. The second-order valence-electron chi connectivity index (χ2n) is 3.08. The van der Waals surface area contributed by atoms with Crippen LogP contribution in [0.3, 0.4) is 0 Å². The SMILES string of the molecule is C=CCCCC(=O)c1ccccc1I. The Morgan fingerprint density at radius 3 is 2.79 bits per heavy atom. The van der Waals surface area contributed by atoms with Crippen molar-refractivity contribution in [1.82, 2.24) is 0 Å². The summed E-state index contributed by atoms with van der Waals surface area (Å²) in [5.74, 6) is 0.233. The highest BCUT2D eigenvalue weighted by molar-refractivity contribution is 14.1. The van der Waals surface area contributed by atoms with Gasteiger partial charge < -0.3 is 0 Å². The van der Waals surface area contributed by atoms with Crippen molar-refractivity contribution in [2.45, 2.75) is 19.3 Å². The topological polar surface area (TPSA) is 17.1 Å². The lowest BCUT2D eigenvalue weighted by molar-refractivity contribution is 0.0979. The van der Waals surface area contributed by atoms with E-state index in [-0.39, 0.29) is 5.78 Å². The second kappa shape index (κ2) is 5.96. The third kappa shape index (κ3) is 3.25. The molecule has 0 aliphatic rings. The molecule has 14 heavy (non-hydrogen) atoms. The fraction of sp³-hybridized carbons (Fsp3) is 0.250. The lowest BCUT2D eigenvalue weighted by atomic mass is 10.1. The predicted molar refractivity (Wildman–Crippen MR) is 67.5 cm³/mol. The van der Waals surface area contributed by atoms with E-state index in [2.05, 4.69) is 29.2 Å². The molecule has 0 bridgehead atoms. The lowest BCUT2D eigenvalue weighted by Gasteiger charge is -2.01. The molecule has 0 atom stereocenters. The zero-order valence-electron chi connectivity index (χ0n) is 8.00. The standard InChI is InChI=1S/C12H13IO/c1-2-3-4-9-12(14)10-7-5-6-8-11(10)13/h2,5-8H,1,3-4,9H2. The Labute approximate surface area is 98.4 Å². The van der Waals surface area contributed by atoms with Gasteiger partial charge in [-0.15, -0.1) is 6.58 Å². The maximum atomic E-state index is 11.7. The van der Waals surface area contributed by atoms with Gasteiger partial charge in [-0.3, -0.25) is 4.79 Å². The summed E-state index contributed by atoms with van der Waals surface area (Å²) in [6.07, 6.45) is 4.28. The van der Waals surface area contributed by atoms with Crippen LogP contribution in [0.25, 0.3) is 0 Å². The monoisotopic (exact) mass is 300 g/mol. The van der Waals surface area contributed by atoms with Gasteiger partial charge in [0.25, 0.3) is 0 Å². The van der Waals surface area contributed by atoms with Crippen molar-refractivity contribution < 1.29 is 4.79 Å². The quantitative estimate of drug-likeness (QED) is 0.349. The summed E-state index contributed by atoms with van der Waals surface area (Å²) in [4.78, 5) is 11.7. The van der Waals surface area contributed by atoms with E-state index in [9.17, 15) is 4.79 Å². The Bertz CT molecular complexity index is 331. The Kier molecular flexibility index (Phi) is 4.87. The van der Waals surface area contributed by atoms with Gasteiger partial charge in [-0.1, -0.05) is 24.3 Å². The molecule has 0 N–H and O–H groups in total. The van der Waals surface area contributed by atoms with E-state index in [1.54, 1.807) is 0 Å². The molecule has 0 saturated carbocycles. The second-order valence-corrected chi connectivity index (χ2v) is 4.25. The van der Waals surface area contributed by atoms with E-state index in [1.807, 2.05) is 30.3 Å². The van der Waals surface area contributed by atoms with Crippen molar-refractivity contribution in [3.05, 3.63) is 46.1 Å². The van der Waals surface area contributed by atoms with Crippen LogP contribution in [-0.4, -0.2) is 5.78 Å². The molecule has 0 saturated heterocycles. The van der Waals surface area contributed by atoms with Crippen molar-refractivity contribution in [2.75, 3.05) is 0 Å². The van der Waals surface area contributed by atoms with E-state index >= 15 is 0 Å². The molecule has 0 amide bonds. The average Bonchev–Trinajstić information content (AvgIpc) is 2.18. The molecule has 74 valence electrons. The first kappa shape index (κ1) is 11.4. The highest BCUT2D eigenvalue weighted by atomic mass is 127. The number of unbranched alkanes of at least 4 members (excludes halogenated alkanes) is 1. The summed E-state index contributed by atoms with van der Waals surface area (Å²) in [6.45, 7) is 3.64. The third-order valence-electron chi connectivity index (χ3n) is 1.99. The number of hydrogen-bond acceptors (Lipinski definition) is 1. The summed E-state index contributed by atoms with van der Waals surface area (Å²) in [6, 6.07) is 7.70. The van der Waals surface area contributed by atoms with Crippen molar-refractivity contribution >= 4 is 28.4 Å². The minimum atomic E-state index is 0.233. The van der Waals surface area contributed by atoms with E-state index in [0.717, 1.165) is 22.0 Å². The van der Waals surface area contributed by atoms with E-state index in [4.69, 9.17) is 0 Å². The molecule has 0 spiro atoms. The minimum absolute atomic E-state index is 0.233. The van der Waals surface area contributed by atoms with Crippen LogP contribution in [0.1, 0.15) is 29.6 Å². The Morgan fingerprint density at radius 2 is 2.14 bits per heavy atom. The van der Waals surface area contributed by atoms with Crippen molar-refractivity contribution in [2.24, 2.45) is 0 Å². The van der Waals surface area contributed by atoms with E-state index in [0.29, 0.717) is 6.42 Å². The zero-order valence-corrected chi connectivity index (χ0v) is 10.2. The number of ketones is 1. The molecule has 0 aromatic heterocycles. The molecular formula is C12H13IO. The molecular weight excluding hydrogens is 287 g/mol. The Balaban J connectivity index is 2.60. The van der Waals surface area contributed by atoms with Gasteiger partial charge in [-0.05, 0) is 41.5 Å². The molecule has 2 heteroatoms. The van der Waals surface area contributed by atoms with Crippen LogP contribution in [0.2, 0.25) is 0 Å². The minimum Gasteiger partial charge on any atom is -0.294 e. The number of allylic oxidation sites excluding steroid dienone is 1.